The molecule has 0 N–H and O–H groups in total. The second-order valence-electron chi connectivity index (χ2n) is 8.63. The van der Waals surface area contributed by atoms with E-state index in [-0.39, 0.29) is 23.2 Å². The van der Waals surface area contributed by atoms with E-state index in [0.717, 1.165) is 32.3 Å². The first kappa shape index (κ1) is 20.6. The van der Waals surface area contributed by atoms with E-state index in [2.05, 4.69) is 33.9 Å². The molecular weight excluding hydrogens is 336 g/mol. The third-order valence-electron chi connectivity index (χ3n) is 5.75. The van der Waals surface area contributed by atoms with Crippen molar-refractivity contribution >= 4 is 14.3 Å². The van der Waals surface area contributed by atoms with Crippen molar-refractivity contribution in [3.05, 3.63) is 12.2 Å². The normalized spacial score (nSPS) is 31.0. The zero-order valence-electron chi connectivity index (χ0n) is 16.6. The lowest BCUT2D eigenvalue weighted by Gasteiger charge is -2.41. The van der Waals surface area contributed by atoms with Crippen molar-refractivity contribution < 1.29 is 23.4 Å². The molecule has 0 aromatic heterocycles. The molecule has 2 heterocycles. The predicted molar refractivity (Wildman–Crippen MR) is 99.9 cm³/mol. The molecule has 0 aliphatic carbocycles. The highest BCUT2D eigenvalue weighted by Gasteiger charge is 2.42. The maximum absolute atomic E-state index is 11.4. The highest BCUT2D eigenvalue weighted by atomic mass is 28.4. The van der Waals surface area contributed by atoms with Gasteiger partial charge in [0.05, 0.1) is 12.2 Å². The van der Waals surface area contributed by atoms with Crippen molar-refractivity contribution in [1.29, 1.82) is 0 Å². The molecule has 3 atom stereocenters. The minimum Gasteiger partial charge on any atom is -0.426 e. The number of esters is 1. The van der Waals surface area contributed by atoms with Gasteiger partial charge in [-0.1, -0.05) is 20.8 Å². The minimum absolute atomic E-state index is 0.0105. The SMILES string of the molecule is COC1(CC[C@@H]2OCCCC[C@@H]2O[Si](C)(C)C(C)(C)C)C=CC(=O)O1. The molecule has 0 aromatic carbocycles. The molecule has 0 saturated carbocycles. The third-order valence-corrected chi connectivity index (χ3v) is 10.3. The fourth-order valence-electron chi connectivity index (χ4n) is 3.06. The standard InChI is InChI=1S/C19H34O5Si/c1-18(2,3)25(5,6)24-16-9-7-8-14-22-15(16)10-12-19(21-4)13-11-17(20)23-19/h11,13,15-16H,7-10,12,14H2,1-6H3/t15-,16-,19?/m0/s1. The quantitative estimate of drug-likeness (QED) is 0.518. The molecule has 25 heavy (non-hydrogen) atoms. The second kappa shape index (κ2) is 7.90. The molecule has 1 saturated heterocycles. The molecule has 6 heteroatoms. The molecule has 2 aliphatic rings. The van der Waals surface area contributed by atoms with Crippen molar-refractivity contribution in [3.63, 3.8) is 0 Å². The van der Waals surface area contributed by atoms with Gasteiger partial charge in [-0.05, 0) is 49.9 Å². The zero-order chi connectivity index (χ0) is 18.7. The fraction of sp³-hybridized carbons (Fsp3) is 0.842. The predicted octanol–water partition coefficient (Wildman–Crippen LogP) is 4.18. The van der Waals surface area contributed by atoms with E-state index in [9.17, 15) is 4.79 Å². The number of hydrogen-bond acceptors (Lipinski definition) is 5. The number of carbonyl (C=O) groups is 1. The Bertz CT molecular complexity index is 497. The summed E-state index contributed by atoms with van der Waals surface area (Å²) in [5.41, 5.74) is 0. The molecule has 1 fully saturated rings. The molecule has 0 radical (unpaired) electrons. The van der Waals surface area contributed by atoms with Crippen LogP contribution in [0, 0.1) is 0 Å². The van der Waals surface area contributed by atoms with Crippen LogP contribution in [0.15, 0.2) is 12.2 Å². The summed E-state index contributed by atoms with van der Waals surface area (Å²) in [7, 11) is -0.296. The largest absolute Gasteiger partial charge is 0.426 e. The summed E-state index contributed by atoms with van der Waals surface area (Å²) in [6, 6.07) is 0. The molecule has 2 aliphatic heterocycles. The number of carbonyl (C=O) groups excluding carboxylic acids is 1. The molecule has 0 bridgehead atoms. The van der Waals surface area contributed by atoms with Crippen LogP contribution in [0.3, 0.4) is 0 Å². The van der Waals surface area contributed by atoms with Crippen LogP contribution in [0.1, 0.15) is 52.9 Å². The maximum Gasteiger partial charge on any atom is 0.333 e. The van der Waals surface area contributed by atoms with Gasteiger partial charge in [0.25, 0.3) is 0 Å². The highest BCUT2D eigenvalue weighted by Crippen LogP contribution is 2.39. The van der Waals surface area contributed by atoms with E-state index < -0.39 is 14.1 Å². The van der Waals surface area contributed by atoms with Crippen molar-refractivity contribution in [2.24, 2.45) is 0 Å². The van der Waals surface area contributed by atoms with Gasteiger partial charge < -0.3 is 18.6 Å². The summed E-state index contributed by atoms with van der Waals surface area (Å²) in [4.78, 5) is 11.4. The van der Waals surface area contributed by atoms with Gasteiger partial charge in [0.1, 0.15) is 0 Å². The van der Waals surface area contributed by atoms with Crippen LogP contribution in [0.5, 0.6) is 0 Å². The maximum atomic E-state index is 11.4. The average Bonchev–Trinajstić information content (AvgIpc) is 2.75. The average molecular weight is 371 g/mol. The Morgan fingerprint density at radius 3 is 2.60 bits per heavy atom. The van der Waals surface area contributed by atoms with E-state index in [1.54, 1.807) is 13.2 Å². The monoisotopic (exact) mass is 370 g/mol. The van der Waals surface area contributed by atoms with Crippen LogP contribution >= 0.6 is 0 Å². The zero-order valence-corrected chi connectivity index (χ0v) is 17.6. The Balaban J connectivity index is 2.05. The van der Waals surface area contributed by atoms with Crippen molar-refractivity contribution in [3.8, 4) is 0 Å². The van der Waals surface area contributed by atoms with Gasteiger partial charge >= 0.3 is 5.97 Å². The van der Waals surface area contributed by atoms with Crippen LogP contribution in [0.25, 0.3) is 0 Å². The van der Waals surface area contributed by atoms with Crippen molar-refractivity contribution in [2.45, 2.75) is 89.0 Å². The molecule has 0 aromatic rings. The van der Waals surface area contributed by atoms with Crippen LogP contribution in [0.4, 0.5) is 0 Å². The minimum atomic E-state index is -1.87. The van der Waals surface area contributed by atoms with Gasteiger partial charge in [0.2, 0.25) is 5.79 Å². The topological polar surface area (TPSA) is 54.0 Å². The lowest BCUT2D eigenvalue weighted by Crippen LogP contribution is -2.47. The Kier molecular flexibility index (Phi) is 6.52. The Labute approximate surface area is 153 Å². The van der Waals surface area contributed by atoms with Gasteiger partial charge in [-0.3, -0.25) is 0 Å². The van der Waals surface area contributed by atoms with Crippen LogP contribution in [-0.2, 0) is 23.4 Å². The van der Waals surface area contributed by atoms with E-state index in [4.69, 9.17) is 18.6 Å². The van der Waals surface area contributed by atoms with Crippen LogP contribution in [0.2, 0.25) is 18.1 Å². The van der Waals surface area contributed by atoms with Gasteiger partial charge in [-0.2, -0.15) is 0 Å². The molecular formula is C19H34O5Si. The molecule has 1 unspecified atom stereocenters. The summed E-state index contributed by atoms with van der Waals surface area (Å²) in [5, 5.41) is 0.168. The number of hydrogen-bond donors (Lipinski definition) is 0. The van der Waals surface area contributed by atoms with Crippen molar-refractivity contribution in [2.75, 3.05) is 13.7 Å². The molecule has 2 rings (SSSR count). The molecule has 5 nitrogen and oxygen atoms in total. The van der Waals surface area contributed by atoms with Crippen LogP contribution in [-0.4, -0.2) is 46.0 Å². The number of rotatable bonds is 6. The highest BCUT2D eigenvalue weighted by molar-refractivity contribution is 6.74. The number of cyclic esters (lactones) is 1. The molecule has 0 spiro atoms. The second-order valence-corrected chi connectivity index (χ2v) is 13.4. The summed E-state index contributed by atoms with van der Waals surface area (Å²) in [6.45, 7) is 12.1. The molecule has 144 valence electrons. The summed E-state index contributed by atoms with van der Waals surface area (Å²) in [6.07, 6.45) is 7.77. The smallest absolute Gasteiger partial charge is 0.333 e. The first-order valence-corrected chi connectivity index (χ1v) is 12.3. The van der Waals surface area contributed by atoms with E-state index in [1.807, 2.05) is 0 Å². The van der Waals surface area contributed by atoms with Crippen LogP contribution < -0.4 is 0 Å². The summed E-state index contributed by atoms with van der Waals surface area (Å²) < 4.78 is 23.6. The Morgan fingerprint density at radius 2 is 2.04 bits per heavy atom. The van der Waals surface area contributed by atoms with E-state index in [1.165, 1.54) is 6.08 Å². The van der Waals surface area contributed by atoms with Crippen molar-refractivity contribution in [1.82, 2.24) is 0 Å². The summed E-state index contributed by atoms with van der Waals surface area (Å²) >= 11 is 0. The Morgan fingerprint density at radius 1 is 1.32 bits per heavy atom. The third kappa shape index (κ3) is 5.15. The summed E-state index contributed by atoms with van der Waals surface area (Å²) in [5.74, 6) is -1.30. The molecule has 0 amide bonds. The first-order chi connectivity index (χ1) is 11.6. The first-order valence-electron chi connectivity index (χ1n) is 9.35. The Hall–Kier alpha value is -0.693. The lowest BCUT2D eigenvalue weighted by molar-refractivity contribution is -0.193. The van der Waals surface area contributed by atoms with Gasteiger partial charge in [0.15, 0.2) is 8.32 Å². The van der Waals surface area contributed by atoms with E-state index >= 15 is 0 Å². The van der Waals surface area contributed by atoms with Gasteiger partial charge in [-0.25, -0.2) is 4.79 Å². The van der Waals surface area contributed by atoms with Gasteiger partial charge in [0, 0.05) is 26.2 Å². The fourth-order valence-corrected chi connectivity index (χ4v) is 4.44. The van der Waals surface area contributed by atoms with E-state index in [0.29, 0.717) is 6.42 Å². The number of methoxy groups -OCH3 is 1. The lowest BCUT2D eigenvalue weighted by atomic mass is 10.0. The number of ether oxygens (including phenoxy) is 3. The van der Waals surface area contributed by atoms with Gasteiger partial charge in [-0.15, -0.1) is 0 Å².